The van der Waals surface area contributed by atoms with Gasteiger partial charge in [0.25, 0.3) is 0 Å². The van der Waals surface area contributed by atoms with E-state index in [0.717, 1.165) is 12.3 Å². The van der Waals surface area contributed by atoms with Gasteiger partial charge in [-0.15, -0.1) is 0 Å². The van der Waals surface area contributed by atoms with Crippen LogP contribution in [0.2, 0.25) is 5.02 Å². The maximum atomic E-state index is 14.8. The molecule has 0 spiro atoms. The van der Waals surface area contributed by atoms with E-state index in [4.69, 9.17) is 11.6 Å². The molecule has 3 unspecified atom stereocenters. The first-order chi connectivity index (χ1) is 19.6. The van der Waals surface area contributed by atoms with Crippen LogP contribution in [0.15, 0.2) is 66.9 Å². The van der Waals surface area contributed by atoms with E-state index in [1.807, 2.05) is 0 Å². The number of hydrogen-bond donors (Lipinski definition) is 4. The largest absolute Gasteiger partial charge is 0.461 e. The number of carbonyl (C=O) groups is 1. The number of aliphatic hydroxyl groups excluding tert-OH is 2. The number of aromatic nitrogens is 1. The third-order valence-corrected chi connectivity index (χ3v) is 6.13. The molecule has 7 nitrogen and oxygen atoms in total. The van der Waals surface area contributed by atoms with Crippen LogP contribution in [0.1, 0.15) is 16.8 Å². The molecule has 0 aliphatic carbocycles. The van der Waals surface area contributed by atoms with Crippen LogP contribution in [0.5, 0.6) is 5.75 Å². The Morgan fingerprint density at radius 2 is 1.69 bits per heavy atom. The molecule has 0 fully saturated rings. The molecule has 0 radical (unpaired) electrons. The van der Waals surface area contributed by atoms with E-state index in [1.165, 1.54) is 24.3 Å². The molecule has 4 N–H and O–H groups in total. The zero-order valence-electron chi connectivity index (χ0n) is 21.1. The van der Waals surface area contributed by atoms with Crippen molar-refractivity contribution in [3.8, 4) is 5.75 Å². The van der Waals surface area contributed by atoms with Crippen LogP contribution in [-0.4, -0.2) is 58.7 Å². The first-order valence-electron chi connectivity index (χ1n) is 11.8. The zero-order chi connectivity index (χ0) is 31.3. The molecular weight excluding hydrogens is 606 g/mol. The lowest BCUT2D eigenvalue weighted by atomic mass is 9.80. The number of halogens is 9. The third-order valence-electron chi connectivity index (χ3n) is 5.91. The molecule has 3 aromatic rings. The van der Waals surface area contributed by atoms with E-state index in [-0.39, 0.29) is 17.1 Å². The fourth-order valence-electron chi connectivity index (χ4n) is 3.97. The normalized spacial score (nSPS) is 15.0. The summed E-state index contributed by atoms with van der Waals surface area (Å²) in [5, 5.41) is 23.2. The number of nitrogens with zero attached hydrogens (tertiary/aromatic N) is 1. The molecule has 2 aromatic carbocycles. The van der Waals surface area contributed by atoms with Crippen LogP contribution in [0.25, 0.3) is 0 Å². The van der Waals surface area contributed by atoms with Crippen molar-refractivity contribution in [3.63, 3.8) is 0 Å². The molecule has 2 amide bonds. The summed E-state index contributed by atoms with van der Waals surface area (Å²) in [5.74, 6) is -2.36. The summed E-state index contributed by atoms with van der Waals surface area (Å²) in [5.41, 5.74) is -2.29. The van der Waals surface area contributed by atoms with E-state index in [9.17, 15) is 50.1 Å². The number of urea groups is 1. The smallest absolute Gasteiger partial charge is 0.428 e. The fraction of sp³-hybridized carbons (Fsp3) is 0.308. The van der Waals surface area contributed by atoms with Gasteiger partial charge in [-0.2, -0.15) is 30.7 Å². The van der Waals surface area contributed by atoms with Crippen LogP contribution in [0.4, 0.5) is 39.9 Å². The maximum absolute atomic E-state index is 14.8. The van der Waals surface area contributed by atoms with E-state index in [1.54, 1.807) is 23.5 Å². The Kier molecular flexibility index (Phi) is 10.2. The molecule has 0 aliphatic rings. The molecule has 1 aromatic heterocycles. The van der Waals surface area contributed by atoms with Gasteiger partial charge in [0, 0.05) is 18.7 Å². The highest BCUT2D eigenvalue weighted by Crippen LogP contribution is 2.37. The number of carbonyl (C=O) groups excluding carboxylic acids is 1. The van der Waals surface area contributed by atoms with Crippen molar-refractivity contribution in [1.29, 1.82) is 0 Å². The first-order valence-corrected chi connectivity index (χ1v) is 12.2. The van der Waals surface area contributed by atoms with Gasteiger partial charge in [-0.05, 0) is 35.4 Å². The van der Waals surface area contributed by atoms with Gasteiger partial charge in [0.1, 0.15) is 17.1 Å². The van der Waals surface area contributed by atoms with Crippen molar-refractivity contribution in [2.24, 2.45) is 0 Å². The van der Waals surface area contributed by atoms with E-state index >= 15 is 0 Å². The van der Waals surface area contributed by atoms with Crippen LogP contribution in [0, 0.1) is 5.82 Å². The number of benzene rings is 2. The molecular formula is C26H22ClF8N3O4. The van der Waals surface area contributed by atoms with Crippen LogP contribution < -0.4 is 15.4 Å². The average molecular weight is 628 g/mol. The maximum Gasteiger partial charge on any atom is 0.461 e. The first kappa shape index (κ1) is 32.8. The van der Waals surface area contributed by atoms with Crippen LogP contribution in [0.3, 0.4) is 0 Å². The Hall–Kier alpha value is -3.69. The van der Waals surface area contributed by atoms with Crippen molar-refractivity contribution < 1.29 is 54.9 Å². The van der Waals surface area contributed by atoms with Crippen molar-refractivity contribution in [2.45, 2.75) is 42.8 Å². The van der Waals surface area contributed by atoms with Gasteiger partial charge in [-0.1, -0.05) is 41.9 Å². The number of nitrogens with one attached hydrogen (secondary N) is 2. The van der Waals surface area contributed by atoms with Crippen molar-refractivity contribution in [3.05, 3.63) is 94.5 Å². The minimum absolute atomic E-state index is 0.0882. The fourth-order valence-corrected chi connectivity index (χ4v) is 4.08. The lowest BCUT2D eigenvalue weighted by Gasteiger charge is -2.36. The van der Waals surface area contributed by atoms with Gasteiger partial charge < -0.3 is 25.6 Å². The lowest BCUT2D eigenvalue weighted by Crippen LogP contribution is -2.58. The number of ether oxygens (including phenoxy) is 1. The molecule has 0 saturated carbocycles. The van der Waals surface area contributed by atoms with Gasteiger partial charge >= 0.3 is 24.7 Å². The van der Waals surface area contributed by atoms with Gasteiger partial charge in [0.05, 0.1) is 23.4 Å². The van der Waals surface area contributed by atoms with Gasteiger partial charge in [-0.3, -0.25) is 4.98 Å². The summed E-state index contributed by atoms with van der Waals surface area (Å²) in [6, 6.07) is 8.47. The highest BCUT2D eigenvalue weighted by atomic mass is 35.5. The highest BCUT2D eigenvalue weighted by molar-refractivity contribution is 6.30. The van der Waals surface area contributed by atoms with E-state index in [0.29, 0.717) is 17.7 Å². The summed E-state index contributed by atoms with van der Waals surface area (Å²) >= 11 is 5.93. The number of aliphatic hydroxyl groups is 2. The van der Waals surface area contributed by atoms with Crippen LogP contribution >= 0.6 is 11.6 Å². The molecule has 16 heteroatoms. The molecule has 0 bridgehead atoms. The predicted octanol–water partition coefficient (Wildman–Crippen LogP) is 5.18. The Morgan fingerprint density at radius 1 is 1.02 bits per heavy atom. The molecule has 0 saturated heterocycles. The minimum atomic E-state index is -5.25. The number of rotatable bonds is 11. The predicted molar refractivity (Wildman–Crippen MR) is 133 cm³/mol. The standard InChI is InChI=1S/C26H22ClF8N3O4/c27-16-6-7-20(36-12-16)24(11-14-4-2-1-3-5-14,38-23(41)37-19(13-39)21(40)25(31,32)33)15-8-17(28)10-18(9-15)42-26(34,35)22(29)30/h1-10,12,19,21-22,39-40H,11,13H2,(H2,37,38,41). The van der Waals surface area contributed by atoms with Gasteiger partial charge in [0.2, 0.25) is 0 Å². The Labute approximate surface area is 238 Å². The Bertz CT molecular complexity index is 1350. The second kappa shape index (κ2) is 13.1. The topological polar surface area (TPSA) is 104 Å². The molecule has 3 rings (SSSR count). The van der Waals surface area contributed by atoms with E-state index in [2.05, 4.69) is 15.0 Å². The Balaban J connectivity index is 2.21. The van der Waals surface area contributed by atoms with Crippen molar-refractivity contribution >= 4 is 17.6 Å². The van der Waals surface area contributed by atoms with Gasteiger partial charge in [-0.25, -0.2) is 9.18 Å². The number of hydrogen-bond acceptors (Lipinski definition) is 5. The minimum Gasteiger partial charge on any atom is -0.428 e. The SMILES string of the molecule is O=C(NC(CO)C(O)C(F)(F)F)NC(Cc1ccccc1)(c1cc(F)cc(OC(F)(F)C(F)F)c1)c1ccc(Cl)cn1. The zero-order valence-corrected chi connectivity index (χ0v) is 21.8. The molecule has 42 heavy (non-hydrogen) atoms. The van der Waals surface area contributed by atoms with Gasteiger partial charge in [0.15, 0.2) is 6.10 Å². The summed E-state index contributed by atoms with van der Waals surface area (Å²) in [4.78, 5) is 17.3. The van der Waals surface area contributed by atoms with Crippen LogP contribution in [-0.2, 0) is 12.0 Å². The molecule has 1 heterocycles. The second-order valence-corrected chi connectivity index (χ2v) is 9.38. The summed E-state index contributed by atoms with van der Waals surface area (Å²) in [6.07, 6.45) is -17.0. The van der Waals surface area contributed by atoms with E-state index < -0.39 is 66.2 Å². The molecule has 228 valence electrons. The van der Waals surface area contributed by atoms with Crippen molar-refractivity contribution in [2.75, 3.05) is 6.61 Å². The monoisotopic (exact) mass is 627 g/mol. The average Bonchev–Trinajstić information content (AvgIpc) is 2.90. The highest BCUT2D eigenvalue weighted by Gasteiger charge is 2.46. The quantitative estimate of drug-likeness (QED) is 0.220. The second-order valence-electron chi connectivity index (χ2n) is 8.94. The number of alkyl halides is 7. The molecule has 3 atom stereocenters. The Morgan fingerprint density at radius 3 is 2.24 bits per heavy atom. The number of amides is 2. The van der Waals surface area contributed by atoms with Crippen molar-refractivity contribution in [1.82, 2.24) is 15.6 Å². The summed E-state index contributed by atoms with van der Waals surface area (Å²) in [6.45, 7) is -1.36. The third kappa shape index (κ3) is 7.98. The lowest BCUT2D eigenvalue weighted by molar-refractivity contribution is -0.253. The number of pyridine rings is 1. The summed E-state index contributed by atoms with van der Waals surface area (Å²) in [7, 11) is 0. The summed E-state index contributed by atoms with van der Waals surface area (Å²) < 4.78 is 111. The molecule has 0 aliphatic heterocycles.